The highest BCUT2D eigenvalue weighted by Crippen LogP contribution is 2.26. The Morgan fingerprint density at radius 1 is 1.32 bits per heavy atom. The van der Waals surface area contributed by atoms with Crippen LogP contribution >= 0.6 is 11.8 Å². The van der Waals surface area contributed by atoms with Gasteiger partial charge in [0.15, 0.2) is 0 Å². The summed E-state index contributed by atoms with van der Waals surface area (Å²) in [6.45, 7) is 9.94. The molecule has 0 spiro atoms. The Bertz CT molecular complexity index is 712. The molecule has 134 valence electrons. The molecule has 4 heteroatoms. The fourth-order valence-electron chi connectivity index (χ4n) is 2.72. The summed E-state index contributed by atoms with van der Waals surface area (Å²) in [7, 11) is 2.11. The average molecular weight is 356 g/mol. The minimum absolute atomic E-state index is 0.799. The molecule has 1 aromatic carbocycles. The fourth-order valence-corrected chi connectivity index (χ4v) is 3.32. The van der Waals surface area contributed by atoms with Crippen LogP contribution in [0, 0.1) is 6.92 Å². The second kappa shape index (κ2) is 9.64. The van der Waals surface area contributed by atoms with Crippen molar-refractivity contribution in [3.8, 4) is 0 Å². The Morgan fingerprint density at radius 3 is 2.84 bits per heavy atom. The Morgan fingerprint density at radius 2 is 2.12 bits per heavy atom. The summed E-state index contributed by atoms with van der Waals surface area (Å²) in [5.41, 5.74) is 6.54. The lowest BCUT2D eigenvalue weighted by Crippen LogP contribution is -2.31. The molecule has 0 fully saturated rings. The van der Waals surface area contributed by atoms with Crippen LogP contribution < -0.4 is 10.2 Å². The lowest BCUT2D eigenvalue weighted by Gasteiger charge is -2.22. The van der Waals surface area contributed by atoms with Crippen LogP contribution in [0.3, 0.4) is 0 Å². The lowest BCUT2D eigenvalue weighted by molar-refractivity contribution is 0.673. The molecule has 0 radical (unpaired) electrons. The van der Waals surface area contributed by atoms with Crippen LogP contribution in [0.2, 0.25) is 0 Å². The average Bonchev–Trinajstić information content (AvgIpc) is 2.61. The Balaban J connectivity index is 1.94. The normalized spacial score (nSPS) is 10.7. The van der Waals surface area contributed by atoms with Gasteiger partial charge in [0.25, 0.3) is 0 Å². The molecule has 1 heterocycles. The zero-order valence-electron chi connectivity index (χ0n) is 15.8. The predicted octanol–water partition coefficient (Wildman–Crippen LogP) is 4.80. The Hall–Kier alpha value is -1.78. The van der Waals surface area contributed by atoms with Gasteiger partial charge in [-0.2, -0.15) is 0 Å². The maximum absolute atomic E-state index is 4.20. The van der Waals surface area contributed by atoms with Gasteiger partial charge in [-0.15, -0.1) is 18.3 Å². The van der Waals surface area contributed by atoms with Crippen molar-refractivity contribution >= 4 is 17.4 Å². The highest BCUT2D eigenvalue weighted by atomic mass is 32.2. The van der Waals surface area contributed by atoms with E-state index in [1.165, 1.54) is 32.8 Å². The van der Waals surface area contributed by atoms with Crippen molar-refractivity contribution in [2.45, 2.75) is 38.1 Å². The topological polar surface area (TPSA) is 28.2 Å². The van der Waals surface area contributed by atoms with Gasteiger partial charge in [-0.05, 0) is 55.7 Å². The molecule has 0 saturated heterocycles. The number of anilines is 1. The van der Waals surface area contributed by atoms with Crippen molar-refractivity contribution in [1.29, 1.82) is 0 Å². The molecule has 0 atom stereocenters. The molecule has 0 aliphatic rings. The van der Waals surface area contributed by atoms with Crippen LogP contribution in [-0.4, -0.2) is 25.0 Å². The number of pyridine rings is 1. The molecular weight excluding hydrogens is 326 g/mol. The van der Waals surface area contributed by atoms with Crippen molar-refractivity contribution in [1.82, 2.24) is 10.3 Å². The molecule has 3 nitrogen and oxygen atoms in total. The smallest absolute Gasteiger partial charge is 0.0681 e. The van der Waals surface area contributed by atoms with E-state index in [4.69, 9.17) is 0 Å². The van der Waals surface area contributed by atoms with Crippen molar-refractivity contribution in [3.63, 3.8) is 0 Å². The number of nitrogens with one attached hydrogen (secondary N) is 1. The first-order valence-corrected chi connectivity index (χ1v) is 9.86. The summed E-state index contributed by atoms with van der Waals surface area (Å²) >= 11 is 1.73. The number of aryl methyl sites for hydroxylation is 2. The molecule has 0 aliphatic carbocycles. The second-order valence-electron chi connectivity index (χ2n) is 6.55. The van der Waals surface area contributed by atoms with Gasteiger partial charge in [0.2, 0.25) is 0 Å². The first-order chi connectivity index (χ1) is 12.0. The van der Waals surface area contributed by atoms with Crippen molar-refractivity contribution < 1.29 is 0 Å². The summed E-state index contributed by atoms with van der Waals surface area (Å²) in [5.74, 6) is 0. The van der Waals surface area contributed by atoms with E-state index in [-0.39, 0.29) is 0 Å². The third-order valence-corrected chi connectivity index (χ3v) is 5.07. The molecule has 0 unspecified atom stereocenters. The molecule has 1 aromatic heterocycles. The Labute approximate surface area is 156 Å². The third kappa shape index (κ3) is 5.91. The minimum atomic E-state index is 0.799. The van der Waals surface area contributed by atoms with Crippen LogP contribution in [0.5, 0.6) is 0 Å². The predicted molar refractivity (Wildman–Crippen MR) is 110 cm³/mol. The number of thioether (sulfide) groups is 1. The van der Waals surface area contributed by atoms with E-state index >= 15 is 0 Å². The van der Waals surface area contributed by atoms with Gasteiger partial charge in [0.05, 0.1) is 12.4 Å². The minimum Gasteiger partial charge on any atom is -0.361 e. The van der Waals surface area contributed by atoms with E-state index in [0.717, 1.165) is 26.1 Å². The molecule has 25 heavy (non-hydrogen) atoms. The molecule has 2 rings (SSSR count). The molecule has 2 aromatic rings. The maximum atomic E-state index is 4.20. The van der Waals surface area contributed by atoms with E-state index in [2.05, 4.69) is 73.2 Å². The van der Waals surface area contributed by atoms with Gasteiger partial charge >= 0.3 is 0 Å². The number of rotatable bonds is 9. The van der Waals surface area contributed by atoms with E-state index < -0.39 is 0 Å². The number of hydrogen-bond donors (Lipinski definition) is 1. The third-order valence-electron chi connectivity index (χ3n) is 4.31. The number of nitrogens with zero attached hydrogens (tertiary/aromatic N) is 2. The van der Waals surface area contributed by atoms with E-state index in [1.807, 2.05) is 12.4 Å². The highest BCUT2D eigenvalue weighted by molar-refractivity contribution is 7.98. The SMILES string of the molecule is C=C(C)CCc1ccc(C)c(CNCN(C)c2ccncc2SC)c1. The quantitative estimate of drug-likeness (QED) is 0.397. The number of allylic oxidation sites excluding steroid dienone is 1. The second-order valence-corrected chi connectivity index (χ2v) is 7.40. The van der Waals surface area contributed by atoms with Gasteiger partial charge in [-0.25, -0.2) is 0 Å². The van der Waals surface area contributed by atoms with Crippen LogP contribution in [0.25, 0.3) is 0 Å². The first kappa shape index (κ1) is 19.5. The van der Waals surface area contributed by atoms with Crippen molar-refractivity contribution in [2.24, 2.45) is 0 Å². The van der Waals surface area contributed by atoms with Gasteiger partial charge in [0, 0.05) is 30.9 Å². The first-order valence-electron chi connectivity index (χ1n) is 8.64. The zero-order chi connectivity index (χ0) is 18.2. The van der Waals surface area contributed by atoms with Gasteiger partial charge in [-0.3, -0.25) is 10.3 Å². The van der Waals surface area contributed by atoms with Crippen LogP contribution in [-0.2, 0) is 13.0 Å². The molecule has 0 saturated carbocycles. The Kier molecular flexibility index (Phi) is 7.53. The fraction of sp³-hybridized carbons (Fsp3) is 0.381. The molecular formula is C21H29N3S. The standard InChI is InChI=1S/C21H29N3S/c1-16(2)6-8-18-9-7-17(3)19(12-18)13-23-15-24(4)20-10-11-22-14-21(20)25-5/h7,9-12,14,23H,1,6,8,13,15H2,2-5H3. The van der Waals surface area contributed by atoms with Crippen LogP contribution in [0.1, 0.15) is 30.0 Å². The van der Waals surface area contributed by atoms with Crippen molar-refractivity contribution in [2.75, 3.05) is 24.9 Å². The monoisotopic (exact) mass is 355 g/mol. The van der Waals surface area contributed by atoms with Crippen molar-refractivity contribution in [3.05, 3.63) is 65.5 Å². The summed E-state index contributed by atoms with van der Waals surface area (Å²) in [6, 6.07) is 8.85. The summed E-state index contributed by atoms with van der Waals surface area (Å²) in [6.07, 6.45) is 7.98. The van der Waals surface area contributed by atoms with E-state index in [9.17, 15) is 0 Å². The van der Waals surface area contributed by atoms with E-state index in [1.54, 1.807) is 11.8 Å². The number of benzene rings is 1. The molecule has 0 bridgehead atoms. The maximum Gasteiger partial charge on any atom is 0.0681 e. The summed E-state index contributed by atoms with van der Waals surface area (Å²) in [5, 5.41) is 3.56. The summed E-state index contributed by atoms with van der Waals surface area (Å²) < 4.78 is 0. The van der Waals surface area contributed by atoms with Crippen LogP contribution in [0.4, 0.5) is 5.69 Å². The van der Waals surface area contributed by atoms with Gasteiger partial charge in [-0.1, -0.05) is 23.8 Å². The molecule has 0 amide bonds. The zero-order valence-corrected chi connectivity index (χ0v) is 16.6. The molecule has 0 aliphatic heterocycles. The highest BCUT2D eigenvalue weighted by Gasteiger charge is 2.07. The largest absolute Gasteiger partial charge is 0.361 e. The lowest BCUT2D eigenvalue weighted by atomic mass is 10.0. The van der Waals surface area contributed by atoms with Crippen LogP contribution in [0.15, 0.2) is 53.7 Å². The van der Waals surface area contributed by atoms with E-state index in [0.29, 0.717) is 0 Å². The molecule has 1 N–H and O–H groups in total. The van der Waals surface area contributed by atoms with Gasteiger partial charge < -0.3 is 4.90 Å². The summed E-state index contributed by atoms with van der Waals surface area (Å²) in [4.78, 5) is 7.63. The number of hydrogen-bond acceptors (Lipinski definition) is 4. The number of aromatic nitrogens is 1. The van der Waals surface area contributed by atoms with Gasteiger partial charge in [0.1, 0.15) is 0 Å².